The van der Waals surface area contributed by atoms with Crippen LogP contribution in [0.3, 0.4) is 0 Å². The summed E-state index contributed by atoms with van der Waals surface area (Å²) >= 11 is 6.05. The van der Waals surface area contributed by atoms with Gasteiger partial charge in [-0.05, 0) is 31.9 Å². The van der Waals surface area contributed by atoms with Gasteiger partial charge in [-0.1, -0.05) is 32.4 Å². The van der Waals surface area contributed by atoms with E-state index in [1.807, 2.05) is 33.8 Å². The van der Waals surface area contributed by atoms with Gasteiger partial charge in [-0.25, -0.2) is 4.98 Å². The highest BCUT2D eigenvalue weighted by Gasteiger charge is 2.23. The van der Waals surface area contributed by atoms with Gasteiger partial charge < -0.3 is 10.1 Å². The van der Waals surface area contributed by atoms with Crippen molar-refractivity contribution in [2.75, 3.05) is 6.61 Å². The van der Waals surface area contributed by atoms with Gasteiger partial charge in [0.2, 0.25) is 0 Å². The standard InChI is InChI=1S/C16H23ClN2O2/c1-10-7-12(5-6-21-10)18-15(20)11-8-13(16(2,3)4)19-14(17)9-11/h8-10,12H,5-7H2,1-4H3,(H,18,20). The Morgan fingerprint density at radius 1 is 1.43 bits per heavy atom. The minimum atomic E-state index is -0.146. The number of nitrogens with zero attached hydrogens (tertiary/aromatic N) is 1. The quantitative estimate of drug-likeness (QED) is 0.852. The molecule has 1 fully saturated rings. The first kappa shape index (κ1) is 16.2. The van der Waals surface area contributed by atoms with Crippen molar-refractivity contribution >= 4 is 17.5 Å². The number of amides is 1. The fourth-order valence-electron chi connectivity index (χ4n) is 2.41. The largest absolute Gasteiger partial charge is 0.378 e. The SMILES string of the molecule is CC1CC(NC(=O)c2cc(Cl)nc(C(C)(C)C)c2)CCO1. The molecule has 4 nitrogen and oxygen atoms in total. The Morgan fingerprint density at radius 2 is 2.14 bits per heavy atom. The van der Waals surface area contributed by atoms with Crippen molar-refractivity contribution < 1.29 is 9.53 Å². The topological polar surface area (TPSA) is 51.2 Å². The average molecular weight is 311 g/mol. The van der Waals surface area contributed by atoms with Crippen LogP contribution in [-0.2, 0) is 10.2 Å². The number of halogens is 1. The molecule has 1 aliphatic rings. The molecule has 0 bridgehead atoms. The van der Waals surface area contributed by atoms with Crippen LogP contribution in [0.25, 0.3) is 0 Å². The first-order valence-electron chi connectivity index (χ1n) is 7.36. The Balaban J connectivity index is 2.13. The molecule has 0 aliphatic carbocycles. The van der Waals surface area contributed by atoms with E-state index in [0.29, 0.717) is 17.3 Å². The molecule has 5 heteroatoms. The highest BCUT2D eigenvalue weighted by Crippen LogP contribution is 2.23. The fraction of sp³-hybridized carbons (Fsp3) is 0.625. The molecular weight excluding hydrogens is 288 g/mol. The number of ether oxygens (including phenoxy) is 1. The summed E-state index contributed by atoms with van der Waals surface area (Å²) in [5, 5.41) is 3.42. The van der Waals surface area contributed by atoms with Crippen molar-refractivity contribution in [1.82, 2.24) is 10.3 Å². The monoisotopic (exact) mass is 310 g/mol. The average Bonchev–Trinajstić information content (AvgIpc) is 2.37. The third kappa shape index (κ3) is 4.42. The van der Waals surface area contributed by atoms with Crippen LogP contribution in [0.2, 0.25) is 5.15 Å². The molecule has 0 aromatic carbocycles. The van der Waals surface area contributed by atoms with Gasteiger partial charge in [0, 0.05) is 29.3 Å². The van der Waals surface area contributed by atoms with Gasteiger partial charge >= 0.3 is 0 Å². The maximum atomic E-state index is 12.4. The normalized spacial score (nSPS) is 22.9. The number of hydrogen-bond acceptors (Lipinski definition) is 3. The summed E-state index contributed by atoms with van der Waals surface area (Å²) in [5.41, 5.74) is 1.24. The van der Waals surface area contributed by atoms with E-state index in [0.717, 1.165) is 18.5 Å². The lowest BCUT2D eigenvalue weighted by atomic mass is 9.90. The zero-order chi connectivity index (χ0) is 15.6. The zero-order valence-corrected chi connectivity index (χ0v) is 13.8. The summed E-state index contributed by atoms with van der Waals surface area (Å²) in [6.07, 6.45) is 1.88. The van der Waals surface area contributed by atoms with E-state index >= 15 is 0 Å². The van der Waals surface area contributed by atoms with Crippen molar-refractivity contribution in [1.29, 1.82) is 0 Å². The van der Waals surface area contributed by atoms with E-state index in [1.165, 1.54) is 0 Å². The lowest BCUT2D eigenvalue weighted by Crippen LogP contribution is -2.41. The molecule has 2 unspecified atom stereocenters. The van der Waals surface area contributed by atoms with Crippen molar-refractivity contribution in [3.05, 3.63) is 28.5 Å². The van der Waals surface area contributed by atoms with Crippen LogP contribution < -0.4 is 5.32 Å². The minimum Gasteiger partial charge on any atom is -0.378 e. The predicted octanol–water partition coefficient (Wildman–Crippen LogP) is 3.33. The summed E-state index contributed by atoms with van der Waals surface area (Å²) in [6.45, 7) is 8.87. The second-order valence-corrected chi connectivity index (χ2v) is 7.08. The first-order valence-corrected chi connectivity index (χ1v) is 7.74. The lowest BCUT2D eigenvalue weighted by Gasteiger charge is -2.28. The Kier molecular flexibility index (Phi) is 4.89. The Labute approximate surface area is 131 Å². The number of hydrogen-bond donors (Lipinski definition) is 1. The number of carbonyl (C=O) groups excluding carboxylic acids is 1. The Morgan fingerprint density at radius 3 is 2.76 bits per heavy atom. The third-order valence-electron chi connectivity index (χ3n) is 3.65. The molecule has 116 valence electrons. The van der Waals surface area contributed by atoms with Crippen LogP contribution in [0, 0.1) is 0 Å². The van der Waals surface area contributed by atoms with Gasteiger partial charge in [0.25, 0.3) is 5.91 Å². The number of carbonyl (C=O) groups is 1. The first-order chi connectivity index (χ1) is 9.75. The number of pyridine rings is 1. The fourth-order valence-corrected chi connectivity index (χ4v) is 2.62. The van der Waals surface area contributed by atoms with Gasteiger partial charge in [-0.15, -0.1) is 0 Å². The summed E-state index contributed by atoms with van der Waals surface area (Å²) < 4.78 is 5.50. The zero-order valence-electron chi connectivity index (χ0n) is 13.1. The molecule has 1 aromatic rings. The molecule has 2 rings (SSSR count). The summed E-state index contributed by atoms with van der Waals surface area (Å²) in [4.78, 5) is 16.7. The molecule has 21 heavy (non-hydrogen) atoms. The molecule has 1 N–H and O–H groups in total. The van der Waals surface area contributed by atoms with E-state index in [4.69, 9.17) is 16.3 Å². The van der Waals surface area contributed by atoms with Crippen molar-refractivity contribution in [3.63, 3.8) is 0 Å². The number of nitrogens with one attached hydrogen (secondary N) is 1. The van der Waals surface area contributed by atoms with E-state index in [9.17, 15) is 4.79 Å². The molecule has 0 spiro atoms. The Bertz CT molecular complexity index is 525. The van der Waals surface area contributed by atoms with Crippen molar-refractivity contribution in [2.24, 2.45) is 0 Å². The molecule has 2 atom stereocenters. The molecule has 0 saturated carbocycles. The number of rotatable bonds is 2. The van der Waals surface area contributed by atoms with Crippen LogP contribution in [0.4, 0.5) is 0 Å². The molecule has 1 aromatic heterocycles. The maximum absolute atomic E-state index is 12.4. The van der Waals surface area contributed by atoms with Crippen LogP contribution >= 0.6 is 11.6 Å². The third-order valence-corrected chi connectivity index (χ3v) is 3.84. The Hall–Kier alpha value is -1.13. The molecule has 1 aliphatic heterocycles. The minimum absolute atomic E-state index is 0.0936. The highest BCUT2D eigenvalue weighted by atomic mass is 35.5. The smallest absolute Gasteiger partial charge is 0.251 e. The molecule has 2 heterocycles. The van der Waals surface area contributed by atoms with Gasteiger partial charge in [0.05, 0.1) is 6.10 Å². The second kappa shape index (κ2) is 6.32. The van der Waals surface area contributed by atoms with Gasteiger partial charge in [0.15, 0.2) is 0 Å². The van der Waals surface area contributed by atoms with Gasteiger partial charge in [-0.3, -0.25) is 4.79 Å². The van der Waals surface area contributed by atoms with Crippen LogP contribution in [0.15, 0.2) is 12.1 Å². The maximum Gasteiger partial charge on any atom is 0.251 e. The summed E-state index contributed by atoms with van der Waals surface area (Å²) in [6, 6.07) is 3.60. The van der Waals surface area contributed by atoms with Crippen molar-refractivity contribution in [2.45, 2.75) is 58.1 Å². The van der Waals surface area contributed by atoms with E-state index in [-0.39, 0.29) is 23.5 Å². The number of aromatic nitrogens is 1. The van der Waals surface area contributed by atoms with Crippen molar-refractivity contribution in [3.8, 4) is 0 Å². The lowest BCUT2D eigenvalue weighted by molar-refractivity contribution is 0.0136. The summed E-state index contributed by atoms with van der Waals surface area (Å²) in [5.74, 6) is -0.0936. The highest BCUT2D eigenvalue weighted by molar-refractivity contribution is 6.29. The predicted molar refractivity (Wildman–Crippen MR) is 83.8 cm³/mol. The van der Waals surface area contributed by atoms with Crippen LogP contribution in [0.1, 0.15) is 56.6 Å². The van der Waals surface area contributed by atoms with Crippen LogP contribution in [0.5, 0.6) is 0 Å². The second-order valence-electron chi connectivity index (χ2n) is 6.69. The molecule has 1 amide bonds. The molecule has 1 saturated heterocycles. The van der Waals surface area contributed by atoms with E-state index in [2.05, 4.69) is 10.3 Å². The van der Waals surface area contributed by atoms with Crippen LogP contribution in [-0.4, -0.2) is 29.6 Å². The molecular formula is C16H23ClN2O2. The van der Waals surface area contributed by atoms with Gasteiger partial charge in [-0.2, -0.15) is 0 Å². The van der Waals surface area contributed by atoms with Gasteiger partial charge in [0.1, 0.15) is 5.15 Å². The molecule has 0 radical (unpaired) electrons. The summed E-state index contributed by atoms with van der Waals surface area (Å²) in [7, 11) is 0. The van der Waals surface area contributed by atoms with E-state index < -0.39 is 0 Å². The van der Waals surface area contributed by atoms with E-state index in [1.54, 1.807) is 6.07 Å².